The van der Waals surface area contributed by atoms with Gasteiger partial charge in [-0.2, -0.15) is 13.2 Å². The van der Waals surface area contributed by atoms with Crippen LogP contribution in [0.25, 0.3) is 0 Å². The van der Waals surface area contributed by atoms with E-state index < -0.39 is 30.6 Å². The zero-order valence-electron chi connectivity index (χ0n) is 14.5. The molecule has 3 aliphatic rings. The molecule has 0 aromatic heterocycles. The van der Waals surface area contributed by atoms with Crippen molar-refractivity contribution in [1.29, 1.82) is 0 Å². The molecular weight excluding hydrogens is 347 g/mol. The third kappa shape index (κ3) is 2.26. The predicted octanol–water partition coefficient (Wildman–Crippen LogP) is 2.65. The highest BCUT2D eigenvalue weighted by molar-refractivity contribution is 5.84. The third-order valence-electron chi connectivity index (χ3n) is 6.85. The summed E-state index contributed by atoms with van der Waals surface area (Å²) in [6.07, 6.45) is -3.76. The van der Waals surface area contributed by atoms with E-state index in [9.17, 15) is 23.1 Å². The first-order chi connectivity index (χ1) is 12.2. The molecular formula is C19H22F3NO3. The van der Waals surface area contributed by atoms with Gasteiger partial charge in [0.05, 0.1) is 13.0 Å². The van der Waals surface area contributed by atoms with E-state index >= 15 is 0 Å². The molecule has 7 heteroatoms. The fourth-order valence-electron chi connectivity index (χ4n) is 5.33. The molecule has 1 spiro atoms. The summed E-state index contributed by atoms with van der Waals surface area (Å²) in [7, 11) is 2.04. The Morgan fingerprint density at radius 2 is 2.00 bits per heavy atom. The Kier molecular flexibility index (Phi) is 3.90. The van der Waals surface area contributed by atoms with Gasteiger partial charge in [0.1, 0.15) is 11.5 Å². The number of alkyl halides is 3. The average Bonchev–Trinajstić information content (AvgIpc) is 2.54. The lowest BCUT2D eigenvalue weighted by molar-refractivity contribution is -0.317. The molecule has 1 saturated heterocycles. The highest BCUT2D eigenvalue weighted by atomic mass is 19.4. The summed E-state index contributed by atoms with van der Waals surface area (Å²) in [6, 6.07) is 8.38. The van der Waals surface area contributed by atoms with E-state index in [2.05, 4.69) is 4.90 Å². The minimum atomic E-state index is -4.60. The minimum Gasteiger partial charge on any atom is -0.461 e. The zero-order chi connectivity index (χ0) is 18.7. The fraction of sp³-hybridized carbons (Fsp3) is 0.632. The van der Waals surface area contributed by atoms with Crippen molar-refractivity contribution < 1.29 is 27.8 Å². The van der Waals surface area contributed by atoms with Crippen molar-refractivity contribution >= 4 is 5.97 Å². The molecule has 2 saturated carbocycles. The van der Waals surface area contributed by atoms with Crippen LogP contribution in [0, 0.1) is 5.41 Å². The Bertz CT molecular complexity index is 702. The topological polar surface area (TPSA) is 49.8 Å². The number of hydrogen-bond donors (Lipinski definition) is 1. The number of hydrogen-bond acceptors (Lipinski definition) is 4. The normalized spacial score (nSPS) is 35.0. The smallest absolute Gasteiger partial charge is 0.390 e. The van der Waals surface area contributed by atoms with Gasteiger partial charge in [-0.1, -0.05) is 30.3 Å². The third-order valence-corrected chi connectivity index (χ3v) is 6.85. The van der Waals surface area contributed by atoms with Crippen LogP contribution < -0.4 is 0 Å². The quantitative estimate of drug-likeness (QED) is 0.811. The number of aliphatic hydroxyl groups is 1. The number of esters is 1. The van der Waals surface area contributed by atoms with Crippen LogP contribution >= 0.6 is 0 Å². The van der Waals surface area contributed by atoms with Crippen LogP contribution in [0.2, 0.25) is 0 Å². The number of halogens is 3. The van der Waals surface area contributed by atoms with Gasteiger partial charge >= 0.3 is 12.1 Å². The molecule has 0 radical (unpaired) electrons. The van der Waals surface area contributed by atoms with Crippen LogP contribution in [-0.2, 0) is 14.9 Å². The Balaban J connectivity index is 1.59. The van der Waals surface area contributed by atoms with Crippen LogP contribution in [0.15, 0.2) is 30.3 Å². The average molecular weight is 369 g/mol. The Hall–Kier alpha value is -1.60. The summed E-state index contributed by atoms with van der Waals surface area (Å²) in [5, 5.41) is 9.86. The van der Waals surface area contributed by atoms with Crippen molar-refractivity contribution in [2.45, 2.75) is 55.5 Å². The highest BCUT2D eigenvalue weighted by Crippen LogP contribution is 2.68. The summed E-state index contributed by atoms with van der Waals surface area (Å²) in [6.45, 7) is -0.943. The van der Waals surface area contributed by atoms with Crippen molar-refractivity contribution in [3.8, 4) is 0 Å². The van der Waals surface area contributed by atoms with Crippen LogP contribution in [0.3, 0.4) is 0 Å². The molecule has 0 bridgehead atoms. The van der Waals surface area contributed by atoms with Crippen LogP contribution in [0.4, 0.5) is 13.2 Å². The number of likely N-dealkylation sites (tertiary alicyclic amines) is 1. The summed E-state index contributed by atoms with van der Waals surface area (Å²) < 4.78 is 45.3. The fourth-order valence-corrected chi connectivity index (χ4v) is 5.33. The summed E-state index contributed by atoms with van der Waals surface area (Å²) in [4.78, 5) is 15.2. The second kappa shape index (κ2) is 5.70. The van der Waals surface area contributed by atoms with Gasteiger partial charge in [-0.25, -0.2) is 0 Å². The van der Waals surface area contributed by atoms with E-state index in [1.165, 1.54) is 12.1 Å². The zero-order valence-corrected chi connectivity index (χ0v) is 14.5. The van der Waals surface area contributed by atoms with Gasteiger partial charge in [-0.15, -0.1) is 0 Å². The predicted molar refractivity (Wildman–Crippen MR) is 87.4 cm³/mol. The molecule has 1 N–H and O–H groups in total. The van der Waals surface area contributed by atoms with E-state index in [-0.39, 0.29) is 17.1 Å². The lowest BCUT2D eigenvalue weighted by atomic mass is 9.41. The second-order valence-electron chi connectivity index (χ2n) is 7.88. The van der Waals surface area contributed by atoms with Gasteiger partial charge in [-0.3, -0.25) is 9.69 Å². The minimum absolute atomic E-state index is 0.0689. The Morgan fingerprint density at radius 3 is 2.50 bits per heavy atom. The molecule has 0 amide bonds. The SMILES string of the molecule is CN1C2CCC23C(OC(=O)C(CO)(CC(F)(F)F)c2ccccc2)CC13. The molecule has 2 aliphatic carbocycles. The number of carbonyl (C=O) groups excluding carboxylic acids is 1. The number of nitrogens with zero attached hydrogens (tertiary/aromatic N) is 1. The second-order valence-corrected chi connectivity index (χ2v) is 7.88. The van der Waals surface area contributed by atoms with Crippen molar-refractivity contribution in [1.82, 2.24) is 4.90 Å². The van der Waals surface area contributed by atoms with Gasteiger partial charge in [-0.05, 0) is 25.5 Å². The van der Waals surface area contributed by atoms with Crippen LogP contribution in [0.5, 0.6) is 0 Å². The summed E-state index contributed by atoms with van der Waals surface area (Å²) in [5.74, 6) is -0.971. The number of aliphatic hydroxyl groups excluding tert-OH is 1. The molecule has 1 aromatic rings. The molecule has 3 fully saturated rings. The maximum absolute atomic E-state index is 13.2. The van der Waals surface area contributed by atoms with E-state index in [4.69, 9.17) is 4.74 Å². The first kappa shape index (κ1) is 17.8. The van der Waals surface area contributed by atoms with E-state index in [0.717, 1.165) is 12.8 Å². The van der Waals surface area contributed by atoms with Crippen molar-refractivity contribution in [2.24, 2.45) is 5.41 Å². The van der Waals surface area contributed by atoms with Crippen LogP contribution in [-0.4, -0.2) is 54.0 Å². The lowest BCUT2D eigenvalue weighted by Gasteiger charge is -2.78. The van der Waals surface area contributed by atoms with Crippen molar-refractivity contribution in [3.63, 3.8) is 0 Å². The summed E-state index contributed by atoms with van der Waals surface area (Å²) in [5.41, 5.74) is -2.05. The van der Waals surface area contributed by atoms with Crippen LogP contribution in [0.1, 0.15) is 31.2 Å². The number of piperidine rings is 2. The highest BCUT2D eigenvalue weighted by Gasteiger charge is 2.76. The maximum Gasteiger partial charge on any atom is 0.390 e. The number of benzene rings is 1. The van der Waals surface area contributed by atoms with Crippen molar-refractivity contribution in [2.75, 3.05) is 13.7 Å². The number of rotatable bonds is 5. The Labute approximate surface area is 149 Å². The van der Waals surface area contributed by atoms with E-state index in [1.807, 2.05) is 7.05 Å². The number of carbonyl (C=O) groups is 1. The molecule has 5 atom stereocenters. The van der Waals surface area contributed by atoms with E-state index in [0.29, 0.717) is 18.5 Å². The molecule has 5 unspecified atom stereocenters. The summed E-state index contributed by atoms with van der Waals surface area (Å²) >= 11 is 0. The molecule has 26 heavy (non-hydrogen) atoms. The molecule has 1 aromatic carbocycles. The Morgan fingerprint density at radius 1 is 1.31 bits per heavy atom. The van der Waals surface area contributed by atoms with Gasteiger partial charge in [0.15, 0.2) is 0 Å². The molecule has 4 nitrogen and oxygen atoms in total. The maximum atomic E-state index is 13.2. The van der Waals surface area contributed by atoms with Gasteiger partial charge < -0.3 is 9.84 Å². The standard InChI is InChI=1S/C19H22F3NO3/c1-23-13-7-8-18(13)14(23)9-15(18)26-16(25)17(11-24,10-19(20,21)22)12-5-3-2-4-6-12/h2-6,13-15,24H,7-11H2,1H3. The van der Waals surface area contributed by atoms with Gasteiger partial charge in [0, 0.05) is 23.9 Å². The molecule has 1 aliphatic heterocycles. The molecule has 1 heterocycles. The van der Waals surface area contributed by atoms with Gasteiger partial charge in [0.25, 0.3) is 0 Å². The first-order valence-electron chi connectivity index (χ1n) is 8.91. The monoisotopic (exact) mass is 369 g/mol. The van der Waals surface area contributed by atoms with Gasteiger partial charge in [0.2, 0.25) is 0 Å². The lowest BCUT2D eigenvalue weighted by Crippen LogP contribution is -2.86. The molecule has 142 valence electrons. The first-order valence-corrected chi connectivity index (χ1v) is 8.91. The number of ether oxygens (including phenoxy) is 1. The van der Waals surface area contributed by atoms with E-state index in [1.54, 1.807) is 18.2 Å². The van der Waals surface area contributed by atoms with Crippen molar-refractivity contribution in [3.05, 3.63) is 35.9 Å². The molecule has 4 rings (SSSR count). The largest absolute Gasteiger partial charge is 0.461 e.